The molecule has 6 nitrogen and oxygen atoms in total. The highest BCUT2D eigenvalue weighted by atomic mass is 35.5. The van der Waals surface area contributed by atoms with Gasteiger partial charge in [-0.2, -0.15) is 0 Å². The van der Waals surface area contributed by atoms with E-state index < -0.39 is 11.8 Å². The smallest absolute Gasteiger partial charge is 0.272 e. The monoisotopic (exact) mass is 569 g/mol. The molecular weight excluding hydrogens is 542 g/mol. The molecule has 0 aromatic heterocycles. The van der Waals surface area contributed by atoms with E-state index in [2.05, 4.69) is 16.0 Å². The number of carbonyl (C=O) groups excluding carboxylic acids is 3. The van der Waals surface area contributed by atoms with Crippen molar-refractivity contribution in [2.45, 2.75) is 18.7 Å². The summed E-state index contributed by atoms with van der Waals surface area (Å²) in [5.74, 6) is -0.771. The highest BCUT2D eigenvalue weighted by molar-refractivity contribution is 8.00. The van der Waals surface area contributed by atoms with Crippen molar-refractivity contribution in [3.8, 4) is 0 Å². The molecule has 0 saturated heterocycles. The zero-order valence-corrected chi connectivity index (χ0v) is 23.6. The van der Waals surface area contributed by atoms with Crippen LogP contribution in [0.1, 0.15) is 27.0 Å². The molecule has 4 aromatic carbocycles. The molecular formula is C32H28ClN3O3S. The standard InChI is InChI=1S/C32H28ClN3O3S/c1-21-12-13-22(2)28(18-21)35-30(37)20-40-26-16-14-25(15-17-26)34-32(39)29(19-24-10-6-7-11-27(24)33)36-31(38)23-8-4-3-5-9-23/h3-19H,20H2,1-2H3,(H,34,39)(H,35,37)(H,36,38)/b29-19-. The Balaban J connectivity index is 1.41. The molecule has 0 atom stereocenters. The van der Waals surface area contributed by atoms with E-state index in [1.165, 1.54) is 17.8 Å². The fourth-order valence-corrected chi connectivity index (χ4v) is 4.62. The summed E-state index contributed by atoms with van der Waals surface area (Å²) in [4.78, 5) is 39.4. The van der Waals surface area contributed by atoms with Crippen molar-refractivity contribution in [1.82, 2.24) is 5.32 Å². The Labute approximate surface area is 242 Å². The number of nitrogens with one attached hydrogen (secondary N) is 3. The average Bonchev–Trinajstić information content (AvgIpc) is 2.95. The molecule has 202 valence electrons. The summed E-state index contributed by atoms with van der Waals surface area (Å²) in [6.45, 7) is 3.94. The number of benzene rings is 4. The van der Waals surface area contributed by atoms with Gasteiger partial charge in [-0.1, -0.05) is 60.1 Å². The molecule has 0 spiro atoms. The second kappa shape index (κ2) is 13.6. The van der Waals surface area contributed by atoms with Gasteiger partial charge in [0, 0.05) is 26.9 Å². The second-order valence-corrected chi connectivity index (χ2v) is 10.5. The lowest BCUT2D eigenvalue weighted by Crippen LogP contribution is -2.30. The van der Waals surface area contributed by atoms with Crippen LogP contribution in [-0.2, 0) is 9.59 Å². The molecule has 0 radical (unpaired) electrons. The molecule has 0 fully saturated rings. The van der Waals surface area contributed by atoms with Crippen LogP contribution >= 0.6 is 23.4 Å². The third kappa shape index (κ3) is 8.09. The van der Waals surface area contributed by atoms with E-state index in [1.807, 2.05) is 50.2 Å². The maximum absolute atomic E-state index is 13.2. The summed E-state index contributed by atoms with van der Waals surface area (Å²) in [7, 11) is 0. The van der Waals surface area contributed by atoms with Crippen molar-refractivity contribution in [1.29, 1.82) is 0 Å². The first-order valence-corrected chi connectivity index (χ1v) is 13.9. The van der Waals surface area contributed by atoms with Crippen molar-refractivity contribution in [3.05, 3.63) is 130 Å². The Kier molecular flexibility index (Phi) is 9.78. The third-order valence-corrected chi connectivity index (χ3v) is 7.24. The van der Waals surface area contributed by atoms with Crippen LogP contribution in [0.5, 0.6) is 0 Å². The first-order valence-electron chi connectivity index (χ1n) is 12.5. The SMILES string of the molecule is Cc1ccc(C)c(NC(=O)CSc2ccc(NC(=O)/C(=C/c3ccccc3Cl)NC(=O)c3ccccc3)cc2)c1. The Morgan fingerprint density at radius 1 is 0.825 bits per heavy atom. The van der Waals surface area contributed by atoms with Gasteiger partial charge in [0.2, 0.25) is 5.91 Å². The van der Waals surface area contributed by atoms with Gasteiger partial charge in [-0.05, 0) is 85.1 Å². The Bertz CT molecular complexity index is 1550. The molecule has 4 rings (SSSR count). The van der Waals surface area contributed by atoms with Gasteiger partial charge in [-0.25, -0.2) is 0 Å². The van der Waals surface area contributed by atoms with Gasteiger partial charge in [-0.15, -0.1) is 11.8 Å². The minimum Gasteiger partial charge on any atom is -0.325 e. The molecule has 3 N–H and O–H groups in total. The number of rotatable bonds is 9. The van der Waals surface area contributed by atoms with Gasteiger partial charge >= 0.3 is 0 Å². The Morgan fingerprint density at radius 2 is 1.52 bits per heavy atom. The van der Waals surface area contributed by atoms with E-state index in [0.717, 1.165) is 21.7 Å². The van der Waals surface area contributed by atoms with E-state index in [4.69, 9.17) is 11.6 Å². The number of aryl methyl sites for hydroxylation is 2. The predicted octanol–water partition coefficient (Wildman–Crippen LogP) is 7.10. The fourth-order valence-electron chi connectivity index (χ4n) is 3.73. The number of amides is 3. The molecule has 40 heavy (non-hydrogen) atoms. The highest BCUT2D eigenvalue weighted by Gasteiger charge is 2.16. The van der Waals surface area contributed by atoms with Crippen LogP contribution in [0.15, 0.2) is 108 Å². The molecule has 0 unspecified atom stereocenters. The quantitative estimate of drug-likeness (QED) is 0.148. The van der Waals surface area contributed by atoms with Crippen molar-refractivity contribution >= 4 is 58.5 Å². The number of hydrogen-bond acceptors (Lipinski definition) is 4. The van der Waals surface area contributed by atoms with E-state index in [1.54, 1.807) is 60.7 Å². The second-order valence-electron chi connectivity index (χ2n) is 9.03. The summed E-state index contributed by atoms with van der Waals surface area (Å²) in [5, 5.41) is 8.93. The third-order valence-electron chi connectivity index (χ3n) is 5.88. The minimum atomic E-state index is -0.502. The normalized spacial score (nSPS) is 11.0. The van der Waals surface area contributed by atoms with Crippen LogP contribution in [0.4, 0.5) is 11.4 Å². The first-order chi connectivity index (χ1) is 19.3. The molecule has 8 heteroatoms. The van der Waals surface area contributed by atoms with Crippen LogP contribution < -0.4 is 16.0 Å². The summed E-state index contributed by atoms with van der Waals surface area (Å²) < 4.78 is 0. The van der Waals surface area contributed by atoms with E-state index in [9.17, 15) is 14.4 Å². The van der Waals surface area contributed by atoms with Gasteiger partial charge in [0.25, 0.3) is 11.8 Å². The number of thioether (sulfide) groups is 1. The van der Waals surface area contributed by atoms with Crippen molar-refractivity contribution in [3.63, 3.8) is 0 Å². The Morgan fingerprint density at radius 3 is 2.25 bits per heavy atom. The summed E-state index contributed by atoms with van der Waals surface area (Å²) in [6.07, 6.45) is 1.54. The Hall–Kier alpha value is -4.33. The first kappa shape index (κ1) is 28.7. The molecule has 0 saturated carbocycles. The summed E-state index contributed by atoms with van der Waals surface area (Å²) in [5.41, 5.74) is 4.49. The lowest BCUT2D eigenvalue weighted by Gasteiger charge is -2.12. The zero-order valence-electron chi connectivity index (χ0n) is 22.0. The minimum absolute atomic E-state index is 0.0449. The summed E-state index contributed by atoms with van der Waals surface area (Å²) >= 11 is 7.69. The molecule has 0 aliphatic rings. The number of halogens is 1. The average molecular weight is 570 g/mol. The van der Waals surface area contributed by atoms with E-state index >= 15 is 0 Å². The summed E-state index contributed by atoms with van der Waals surface area (Å²) in [6, 6.07) is 28.8. The number of anilines is 2. The molecule has 0 aliphatic heterocycles. The van der Waals surface area contributed by atoms with Crippen molar-refractivity contribution < 1.29 is 14.4 Å². The largest absolute Gasteiger partial charge is 0.325 e. The maximum Gasteiger partial charge on any atom is 0.272 e. The lowest BCUT2D eigenvalue weighted by molar-refractivity contribution is -0.114. The fraction of sp³-hybridized carbons (Fsp3) is 0.0938. The molecule has 3 amide bonds. The highest BCUT2D eigenvalue weighted by Crippen LogP contribution is 2.23. The maximum atomic E-state index is 13.2. The topological polar surface area (TPSA) is 87.3 Å². The molecule has 0 aliphatic carbocycles. The van der Waals surface area contributed by atoms with Crippen LogP contribution in [-0.4, -0.2) is 23.5 Å². The van der Waals surface area contributed by atoms with Crippen molar-refractivity contribution in [2.75, 3.05) is 16.4 Å². The van der Waals surface area contributed by atoms with Crippen LogP contribution in [0.3, 0.4) is 0 Å². The predicted molar refractivity (Wildman–Crippen MR) is 164 cm³/mol. The molecule has 4 aromatic rings. The van der Waals surface area contributed by atoms with Gasteiger partial charge in [-0.3, -0.25) is 14.4 Å². The number of carbonyl (C=O) groups is 3. The van der Waals surface area contributed by atoms with Crippen LogP contribution in [0.25, 0.3) is 6.08 Å². The van der Waals surface area contributed by atoms with Gasteiger partial charge in [0.15, 0.2) is 0 Å². The number of hydrogen-bond donors (Lipinski definition) is 3. The van der Waals surface area contributed by atoms with Gasteiger partial charge in [0.1, 0.15) is 5.70 Å². The lowest BCUT2D eigenvalue weighted by atomic mass is 10.1. The zero-order chi connectivity index (χ0) is 28.5. The van der Waals surface area contributed by atoms with Crippen LogP contribution in [0, 0.1) is 13.8 Å². The van der Waals surface area contributed by atoms with Gasteiger partial charge in [0.05, 0.1) is 5.75 Å². The van der Waals surface area contributed by atoms with E-state index in [-0.39, 0.29) is 17.4 Å². The molecule has 0 bridgehead atoms. The van der Waals surface area contributed by atoms with Crippen molar-refractivity contribution in [2.24, 2.45) is 0 Å². The van der Waals surface area contributed by atoms with E-state index in [0.29, 0.717) is 21.8 Å². The molecule has 0 heterocycles. The van der Waals surface area contributed by atoms with Crippen LogP contribution in [0.2, 0.25) is 5.02 Å². The van der Waals surface area contributed by atoms with Gasteiger partial charge < -0.3 is 16.0 Å².